The molecule has 0 aliphatic heterocycles. The molecule has 0 unspecified atom stereocenters. The number of anilines is 1. The van der Waals surface area contributed by atoms with Gasteiger partial charge in [0, 0.05) is 47.9 Å². The number of phenolic OH excluding ortho intramolecular Hbond substituents is 1. The topological polar surface area (TPSA) is 104 Å². The van der Waals surface area contributed by atoms with Crippen molar-refractivity contribution in [3.63, 3.8) is 0 Å². The summed E-state index contributed by atoms with van der Waals surface area (Å²) in [5, 5.41) is 14.9. The molecule has 31 heavy (non-hydrogen) atoms. The maximum atomic E-state index is 12.0. The van der Waals surface area contributed by atoms with E-state index in [0.29, 0.717) is 16.9 Å². The lowest BCUT2D eigenvalue weighted by Crippen LogP contribution is -2.24. The van der Waals surface area contributed by atoms with Crippen LogP contribution in [0.3, 0.4) is 0 Å². The predicted octanol–water partition coefficient (Wildman–Crippen LogP) is 3.18. The first-order valence-electron chi connectivity index (χ1n) is 9.98. The van der Waals surface area contributed by atoms with Gasteiger partial charge in [0.2, 0.25) is 0 Å². The van der Waals surface area contributed by atoms with Crippen LogP contribution in [-0.4, -0.2) is 36.9 Å². The number of hydrogen-bond acceptors (Lipinski definition) is 7. The summed E-state index contributed by atoms with van der Waals surface area (Å²) in [6.07, 6.45) is 1.37. The lowest BCUT2D eigenvalue weighted by molar-refractivity contribution is -0.123. The van der Waals surface area contributed by atoms with E-state index in [2.05, 4.69) is 15.4 Å². The number of nitrogens with zero attached hydrogens (tertiary/aromatic N) is 2. The Morgan fingerprint density at radius 3 is 2.68 bits per heavy atom. The number of ether oxygens (including phenoxy) is 1. The van der Waals surface area contributed by atoms with Gasteiger partial charge in [-0.05, 0) is 50.6 Å². The molecule has 162 valence electrons. The zero-order valence-electron chi connectivity index (χ0n) is 17.7. The van der Waals surface area contributed by atoms with Gasteiger partial charge in [0.1, 0.15) is 17.1 Å². The van der Waals surface area contributed by atoms with Gasteiger partial charge in [0.05, 0.1) is 6.21 Å². The highest BCUT2D eigenvalue weighted by molar-refractivity contribution is 5.86. The van der Waals surface area contributed by atoms with Crippen molar-refractivity contribution < 1.29 is 19.1 Å². The zero-order valence-corrected chi connectivity index (χ0v) is 17.7. The van der Waals surface area contributed by atoms with Gasteiger partial charge in [-0.1, -0.05) is 0 Å². The summed E-state index contributed by atoms with van der Waals surface area (Å²) < 4.78 is 10.6. The van der Waals surface area contributed by atoms with Gasteiger partial charge in [0.25, 0.3) is 5.91 Å². The molecule has 8 nitrogen and oxygen atoms in total. The van der Waals surface area contributed by atoms with Gasteiger partial charge in [0.15, 0.2) is 6.61 Å². The number of phenols is 1. The fourth-order valence-corrected chi connectivity index (χ4v) is 3.18. The molecular formula is C23H25N3O5. The second-order valence-electron chi connectivity index (χ2n) is 6.90. The number of aryl methyl sites for hydroxylation is 1. The molecule has 0 saturated heterocycles. The van der Waals surface area contributed by atoms with Crippen LogP contribution in [0.2, 0.25) is 0 Å². The summed E-state index contributed by atoms with van der Waals surface area (Å²) in [6, 6.07) is 11.7. The number of benzene rings is 2. The zero-order chi connectivity index (χ0) is 22.4. The fourth-order valence-electron chi connectivity index (χ4n) is 3.18. The molecule has 2 N–H and O–H groups in total. The summed E-state index contributed by atoms with van der Waals surface area (Å²) in [5.74, 6) is -0.00194. The first-order valence-corrected chi connectivity index (χ1v) is 9.98. The van der Waals surface area contributed by atoms with E-state index in [0.717, 1.165) is 29.7 Å². The second-order valence-corrected chi connectivity index (χ2v) is 6.90. The van der Waals surface area contributed by atoms with Crippen molar-refractivity contribution in [2.24, 2.45) is 5.10 Å². The third-order valence-corrected chi connectivity index (χ3v) is 4.83. The molecule has 2 aromatic carbocycles. The number of hydrazone groups is 1. The molecule has 1 heterocycles. The van der Waals surface area contributed by atoms with Crippen LogP contribution >= 0.6 is 0 Å². The van der Waals surface area contributed by atoms with Crippen molar-refractivity contribution in [3.8, 4) is 11.5 Å². The lowest BCUT2D eigenvalue weighted by Gasteiger charge is -2.21. The summed E-state index contributed by atoms with van der Waals surface area (Å²) >= 11 is 0. The van der Waals surface area contributed by atoms with E-state index < -0.39 is 11.5 Å². The Labute approximate surface area is 179 Å². The number of hydrogen-bond donors (Lipinski definition) is 2. The molecule has 1 aromatic heterocycles. The summed E-state index contributed by atoms with van der Waals surface area (Å²) in [6.45, 7) is 7.31. The summed E-state index contributed by atoms with van der Waals surface area (Å²) in [7, 11) is 0. The number of fused-ring (bicyclic) bond motifs is 1. The van der Waals surface area contributed by atoms with E-state index in [1.165, 1.54) is 12.3 Å². The fraction of sp³-hybridized carbons (Fsp3) is 0.261. The van der Waals surface area contributed by atoms with Crippen molar-refractivity contribution in [1.29, 1.82) is 0 Å². The average Bonchev–Trinajstić information content (AvgIpc) is 2.74. The Morgan fingerprint density at radius 2 is 1.97 bits per heavy atom. The average molecular weight is 423 g/mol. The molecule has 3 aromatic rings. The highest BCUT2D eigenvalue weighted by Crippen LogP contribution is 2.24. The Kier molecular flexibility index (Phi) is 6.92. The van der Waals surface area contributed by atoms with Crippen molar-refractivity contribution in [1.82, 2.24) is 5.43 Å². The Balaban J connectivity index is 1.57. The van der Waals surface area contributed by atoms with Gasteiger partial charge in [-0.25, -0.2) is 10.2 Å². The van der Waals surface area contributed by atoms with Crippen molar-refractivity contribution in [2.45, 2.75) is 20.8 Å². The van der Waals surface area contributed by atoms with Crippen LogP contribution in [0, 0.1) is 6.92 Å². The smallest absolute Gasteiger partial charge is 0.336 e. The summed E-state index contributed by atoms with van der Waals surface area (Å²) in [4.78, 5) is 25.6. The molecule has 8 heteroatoms. The maximum absolute atomic E-state index is 12.0. The molecule has 0 atom stereocenters. The first-order chi connectivity index (χ1) is 14.9. The monoisotopic (exact) mass is 423 g/mol. The van der Waals surface area contributed by atoms with E-state index in [1.54, 1.807) is 30.3 Å². The molecule has 1 amide bonds. The number of carbonyl (C=O) groups excluding carboxylic acids is 1. The van der Waals surface area contributed by atoms with Crippen LogP contribution < -0.4 is 20.7 Å². The van der Waals surface area contributed by atoms with Crippen LogP contribution in [-0.2, 0) is 4.79 Å². The van der Waals surface area contributed by atoms with Crippen LogP contribution in [0.4, 0.5) is 5.69 Å². The van der Waals surface area contributed by atoms with Gasteiger partial charge in [-0.15, -0.1) is 0 Å². The molecule has 0 fully saturated rings. The molecule has 0 bridgehead atoms. The Morgan fingerprint density at radius 1 is 1.19 bits per heavy atom. The van der Waals surface area contributed by atoms with Gasteiger partial charge < -0.3 is 19.2 Å². The number of nitrogens with one attached hydrogen (secondary N) is 1. The van der Waals surface area contributed by atoms with Crippen molar-refractivity contribution >= 4 is 28.8 Å². The minimum absolute atomic E-state index is 0.0756. The number of carbonyl (C=O) groups is 1. The Hall–Kier alpha value is -3.81. The van der Waals surface area contributed by atoms with Gasteiger partial charge >= 0.3 is 5.63 Å². The van der Waals surface area contributed by atoms with Gasteiger partial charge in [-0.2, -0.15) is 5.10 Å². The van der Waals surface area contributed by atoms with Gasteiger partial charge in [-0.3, -0.25) is 4.79 Å². The highest BCUT2D eigenvalue weighted by Gasteiger charge is 2.08. The molecule has 0 radical (unpaired) electrons. The number of amides is 1. The molecule has 0 saturated carbocycles. The Bertz CT molecular complexity index is 1170. The van der Waals surface area contributed by atoms with Crippen LogP contribution in [0.25, 0.3) is 11.0 Å². The van der Waals surface area contributed by atoms with Crippen LogP contribution in [0.15, 0.2) is 56.8 Å². The minimum atomic E-state index is -0.471. The van der Waals surface area contributed by atoms with E-state index in [-0.39, 0.29) is 12.4 Å². The molecule has 0 aliphatic carbocycles. The third kappa shape index (κ3) is 5.42. The second kappa shape index (κ2) is 9.80. The summed E-state index contributed by atoms with van der Waals surface area (Å²) in [5.41, 5.74) is 4.51. The molecule has 0 aliphatic rings. The largest absolute Gasteiger partial charge is 0.507 e. The van der Waals surface area contributed by atoms with E-state index in [1.807, 2.05) is 26.8 Å². The predicted molar refractivity (Wildman–Crippen MR) is 120 cm³/mol. The number of aromatic hydroxyl groups is 1. The SMILES string of the molecule is CCN(CC)c1ccc(/C=N/NC(=O)COc2ccc3c(C)cc(=O)oc3c2)c(O)c1. The lowest BCUT2D eigenvalue weighted by atomic mass is 10.1. The standard InChI is InChI=1S/C23H25N3O5/c1-4-26(5-2)17-7-6-16(20(27)11-17)13-24-25-22(28)14-30-18-8-9-19-15(3)10-23(29)31-21(19)12-18/h6-13,27H,4-5,14H2,1-3H3,(H,25,28)/b24-13+. The number of rotatable bonds is 8. The van der Waals surface area contributed by atoms with E-state index in [9.17, 15) is 14.7 Å². The maximum Gasteiger partial charge on any atom is 0.336 e. The van der Waals surface area contributed by atoms with Crippen LogP contribution in [0.5, 0.6) is 11.5 Å². The highest BCUT2D eigenvalue weighted by atomic mass is 16.5. The first kappa shape index (κ1) is 21.9. The molecule has 3 rings (SSSR count). The van der Waals surface area contributed by atoms with Crippen LogP contribution in [0.1, 0.15) is 25.0 Å². The minimum Gasteiger partial charge on any atom is -0.507 e. The quantitative estimate of drug-likeness (QED) is 0.328. The third-order valence-electron chi connectivity index (χ3n) is 4.83. The molecule has 0 spiro atoms. The van der Waals surface area contributed by atoms with E-state index in [4.69, 9.17) is 9.15 Å². The van der Waals surface area contributed by atoms with E-state index >= 15 is 0 Å². The normalized spacial score (nSPS) is 11.1. The molecular weight excluding hydrogens is 398 g/mol. The van der Waals surface area contributed by atoms with Crippen molar-refractivity contribution in [3.05, 3.63) is 64.0 Å². The van der Waals surface area contributed by atoms with Crippen molar-refractivity contribution in [2.75, 3.05) is 24.6 Å².